The van der Waals surface area contributed by atoms with E-state index in [1.807, 2.05) is 37.4 Å². The van der Waals surface area contributed by atoms with Crippen LogP contribution in [0.3, 0.4) is 0 Å². The highest BCUT2D eigenvalue weighted by atomic mass is 32.2. The zero-order valence-electron chi connectivity index (χ0n) is 10.3. The van der Waals surface area contributed by atoms with E-state index in [0.717, 1.165) is 16.3 Å². The molecule has 94 valence electrons. The zero-order chi connectivity index (χ0) is 13.0. The van der Waals surface area contributed by atoms with Crippen LogP contribution < -0.4 is 5.32 Å². The quantitative estimate of drug-likeness (QED) is 0.861. The summed E-state index contributed by atoms with van der Waals surface area (Å²) in [6, 6.07) is 9.33. The number of nitrogens with zero attached hydrogens (tertiary/aromatic N) is 1. The number of thioether (sulfide) groups is 1. The van der Waals surface area contributed by atoms with Gasteiger partial charge in [0, 0.05) is 11.0 Å². The molecule has 2 aromatic rings. The summed E-state index contributed by atoms with van der Waals surface area (Å²) >= 11 is 1.55. The van der Waals surface area contributed by atoms with Gasteiger partial charge in [0.1, 0.15) is 11.5 Å². The second kappa shape index (κ2) is 5.73. The number of nitrogens with one attached hydrogen (secondary N) is 1. The van der Waals surface area contributed by atoms with Crippen molar-refractivity contribution < 1.29 is 9.32 Å². The van der Waals surface area contributed by atoms with Gasteiger partial charge in [0.25, 0.3) is 5.91 Å². The number of rotatable bonds is 4. The fourth-order valence-electron chi connectivity index (χ4n) is 1.60. The van der Waals surface area contributed by atoms with Crippen LogP contribution in [0.25, 0.3) is 0 Å². The summed E-state index contributed by atoms with van der Waals surface area (Å²) in [5, 5.41) is 6.66. The Morgan fingerprint density at radius 1 is 1.44 bits per heavy atom. The van der Waals surface area contributed by atoms with E-state index < -0.39 is 0 Å². The van der Waals surface area contributed by atoms with E-state index in [0.29, 0.717) is 12.1 Å². The molecule has 0 aliphatic rings. The van der Waals surface area contributed by atoms with Gasteiger partial charge in [0.15, 0.2) is 0 Å². The molecule has 5 heteroatoms. The van der Waals surface area contributed by atoms with Crippen LogP contribution in [0, 0.1) is 6.92 Å². The molecule has 4 nitrogen and oxygen atoms in total. The normalized spacial score (nSPS) is 10.3. The fourth-order valence-corrected chi connectivity index (χ4v) is 2.19. The number of carbonyl (C=O) groups excluding carboxylic acids is 1. The van der Waals surface area contributed by atoms with Crippen LogP contribution in [0.2, 0.25) is 0 Å². The van der Waals surface area contributed by atoms with Gasteiger partial charge < -0.3 is 9.84 Å². The van der Waals surface area contributed by atoms with E-state index in [4.69, 9.17) is 4.52 Å². The minimum Gasteiger partial charge on any atom is -0.361 e. The lowest BCUT2D eigenvalue weighted by Gasteiger charge is -2.06. The second-order valence-corrected chi connectivity index (χ2v) is 4.66. The lowest BCUT2D eigenvalue weighted by molar-refractivity contribution is 0.0947. The van der Waals surface area contributed by atoms with Crippen molar-refractivity contribution in [3.05, 3.63) is 47.3 Å². The minimum atomic E-state index is -0.0967. The Hall–Kier alpha value is -1.75. The molecule has 1 amide bonds. The van der Waals surface area contributed by atoms with Crippen molar-refractivity contribution in [2.24, 2.45) is 0 Å². The molecule has 18 heavy (non-hydrogen) atoms. The molecule has 1 N–H and O–H groups in total. The molecule has 0 radical (unpaired) electrons. The largest absolute Gasteiger partial charge is 0.361 e. The molecule has 0 aliphatic carbocycles. The smallest absolute Gasteiger partial charge is 0.252 e. The Kier molecular flexibility index (Phi) is 4.04. The van der Waals surface area contributed by atoms with Gasteiger partial charge in [0.05, 0.1) is 12.1 Å². The molecule has 0 fully saturated rings. The SMILES string of the molecule is CSc1ccccc1C(=O)NCc1cc(C)on1. The van der Waals surface area contributed by atoms with Crippen LogP contribution in [0.5, 0.6) is 0 Å². The van der Waals surface area contributed by atoms with Gasteiger partial charge in [-0.3, -0.25) is 4.79 Å². The third-order valence-corrected chi connectivity index (χ3v) is 3.25. The van der Waals surface area contributed by atoms with Gasteiger partial charge in [-0.1, -0.05) is 17.3 Å². The first-order valence-electron chi connectivity index (χ1n) is 5.54. The number of hydrogen-bond donors (Lipinski definition) is 1. The topological polar surface area (TPSA) is 55.1 Å². The molecule has 0 aliphatic heterocycles. The van der Waals surface area contributed by atoms with Crippen LogP contribution in [0.15, 0.2) is 39.8 Å². The number of carbonyl (C=O) groups is 1. The monoisotopic (exact) mass is 262 g/mol. The van der Waals surface area contributed by atoms with Crippen molar-refractivity contribution in [2.75, 3.05) is 6.26 Å². The maximum Gasteiger partial charge on any atom is 0.252 e. The standard InChI is InChI=1S/C13H14N2O2S/c1-9-7-10(15-17-9)8-14-13(16)11-5-3-4-6-12(11)18-2/h3-7H,8H2,1-2H3,(H,14,16). The highest BCUT2D eigenvalue weighted by Gasteiger charge is 2.10. The summed E-state index contributed by atoms with van der Waals surface area (Å²) in [7, 11) is 0. The van der Waals surface area contributed by atoms with Crippen LogP contribution >= 0.6 is 11.8 Å². The van der Waals surface area contributed by atoms with E-state index in [-0.39, 0.29) is 5.91 Å². The molecule has 0 unspecified atom stereocenters. The summed E-state index contributed by atoms with van der Waals surface area (Å²) in [5.41, 5.74) is 1.41. The maximum absolute atomic E-state index is 12.0. The molecular formula is C13H14N2O2S. The molecule has 0 spiro atoms. The highest BCUT2D eigenvalue weighted by molar-refractivity contribution is 7.98. The average Bonchev–Trinajstić information content (AvgIpc) is 2.81. The minimum absolute atomic E-state index is 0.0967. The summed E-state index contributed by atoms with van der Waals surface area (Å²) in [6.45, 7) is 2.19. The Labute approximate surface area is 110 Å². The predicted molar refractivity (Wildman–Crippen MR) is 70.6 cm³/mol. The van der Waals surface area contributed by atoms with Gasteiger partial charge in [-0.2, -0.15) is 0 Å². The van der Waals surface area contributed by atoms with Crippen molar-refractivity contribution in [1.29, 1.82) is 0 Å². The summed E-state index contributed by atoms with van der Waals surface area (Å²) in [6.07, 6.45) is 1.95. The van der Waals surface area contributed by atoms with Gasteiger partial charge in [-0.25, -0.2) is 0 Å². The fraction of sp³-hybridized carbons (Fsp3) is 0.231. The molecule has 0 atom stereocenters. The maximum atomic E-state index is 12.0. The summed E-state index contributed by atoms with van der Waals surface area (Å²) in [5.74, 6) is 0.643. The molecular weight excluding hydrogens is 248 g/mol. The van der Waals surface area contributed by atoms with E-state index in [1.54, 1.807) is 17.8 Å². The van der Waals surface area contributed by atoms with Gasteiger partial charge in [-0.15, -0.1) is 11.8 Å². The first-order chi connectivity index (χ1) is 8.70. The third-order valence-electron chi connectivity index (χ3n) is 2.46. The summed E-state index contributed by atoms with van der Waals surface area (Å²) < 4.78 is 4.94. The van der Waals surface area contributed by atoms with Crippen molar-refractivity contribution in [1.82, 2.24) is 10.5 Å². The predicted octanol–water partition coefficient (Wildman–Crippen LogP) is 2.63. The molecule has 1 aromatic heterocycles. The van der Waals surface area contributed by atoms with E-state index in [9.17, 15) is 4.79 Å². The van der Waals surface area contributed by atoms with Crippen LogP contribution in [-0.2, 0) is 6.54 Å². The molecule has 1 heterocycles. The first kappa shape index (κ1) is 12.7. The van der Waals surface area contributed by atoms with Crippen molar-refractivity contribution in [2.45, 2.75) is 18.4 Å². The Morgan fingerprint density at radius 2 is 2.22 bits per heavy atom. The van der Waals surface area contributed by atoms with Gasteiger partial charge in [0.2, 0.25) is 0 Å². The first-order valence-corrected chi connectivity index (χ1v) is 6.76. The molecule has 1 aromatic carbocycles. The van der Waals surface area contributed by atoms with Crippen molar-refractivity contribution >= 4 is 17.7 Å². The summed E-state index contributed by atoms with van der Waals surface area (Å²) in [4.78, 5) is 13.0. The van der Waals surface area contributed by atoms with Gasteiger partial charge in [-0.05, 0) is 25.3 Å². The van der Waals surface area contributed by atoms with Crippen molar-refractivity contribution in [3.8, 4) is 0 Å². The number of aryl methyl sites for hydroxylation is 1. The number of aromatic nitrogens is 1. The second-order valence-electron chi connectivity index (χ2n) is 3.81. The number of hydrogen-bond acceptors (Lipinski definition) is 4. The van der Waals surface area contributed by atoms with E-state index in [2.05, 4.69) is 10.5 Å². The average molecular weight is 262 g/mol. The van der Waals surface area contributed by atoms with E-state index in [1.165, 1.54) is 0 Å². The number of benzene rings is 1. The zero-order valence-corrected chi connectivity index (χ0v) is 11.1. The Morgan fingerprint density at radius 3 is 2.89 bits per heavy atom. The lowest BCUT2D eigenvalue weighted by Crippen LogP contribution is -2.23. The molecule has 0 bridgehead atoms. The highest BCUT2D eigenvalue weighted by Crippen LogP contribution is 2.19. The van der Waals surface area contributed by atoms with Crippen LogP contribution in [0.1, 0.15) is 21.8 Å². The van der Waals surface area contributed by atoms with Crippen molar-refractivity contribution in [3.63, 3.8) is 0 Å². The molecule has 0 saturated carbocycles. The number of amides is 1. The Balaban J connectivity index is 2.03. The molecule has 2 rings (SSSR count). The van der Waals surface area contributed by atoms with Crippen LogP contribution in [-0.4, -0.2) is 17.3 Å². The van der Waals surface area contributed by atoms with Crippen LogP contribution in [0.4, 0.5) is 0 Å². The third kappa shape index (κ3) is 2.92. The lowest BCUT2D eigenvalue weighted by atomic mass is 10.2. The van der Waals surface area contributed by atoms with E-state index >= 15 is 0 Å². The molecule has 0 saturated heterocycles. The van der Waals surface area contributed by atoms with Gasteiger partial charge >= 0.3 is 0 Å². The Bertz CT molecular complexity index is 551.